The van der Waals surface area contributed by atoms with Crippen LogP contribution in [0.3, 0.4) is 0 Å². The van der Waals surface area contributed by atoms with Gasteiger partial charge in [-0.2, -0.15) is 0 Å². The summed E-state index contributed by atoms with van der Waals surface area (Å²) in [6.45, 7) is 1.08. The molecule has 1 aliphatic heterocycles. The zero-order valence-electron chi connectivity index (χ0n) is 10.1. The van der Waals surface area contributed by atoms with E-state index < -0.39 is 0 Å². The monoisotopic (exact) mass is 234 g/mol. The smallest absolute Gasteiger partial charge is 0.0600 e. The summed E-state index contributed by atoms with van der Waals surface area (Å²) >= 11 is 0. The Morgan fingerprint density at radius 2 is 1.83 bits per heavy atom. The van der Waals surface area contributed by atoms with Crippen LogP contribution in [-0.2, 0) is 6.42 Å². The topological polar surface area (TPSA) is 7.65 Å². The molecule has 4 rings (SSSR count). The van der Waals surface area contributed by atoms with Gasteiger partial charge in [0.25, 0.3) is 0 Å². The van der Waals surface area contributed by atoms with Gasteiger partial charge in [-0.3, -0.25) is 0 Å². The molecule has 0 saturated heterocycles. The van der Waals surface area contributed by atoms with Gasteiger partial charge >= 0.3 is 0 Å². The number of fused-ring (bicyclic) bond motifs is 2. The van der Waals surface area contributed by atoms with E-state index in [2.05, 4.69) is 70.2 Å². The Labute approximate surface area is 106 Å². The summed E-state index contributed by atoms with van der Waals surface area (Å²) in [5, 5.41) is 0. The molecule has 0 fully saturated rings. The molecule has 0 saturated carbocycles. The van der Waals surface area contributed by atoms with E-state index in [0.29, 0.717) is 0 Å². The fourth-order valence-corrected chi connectivity index (χ4v) is 2.79. The Morgan fingerprint density at radius 1 is 0.944 bits per heavy atom. The lowest BCUT2D eigenvalue weighted by Gasteiger charge is -2.17. The molecule has 0 spiro atoms. The second-order valence-electron chi connectivity index (χ2n) is 4.76. The van der Waals surface area contributed by atoms with Crippen LogP contribution in [0.15, 0.2) is 60.9 Å². The molecule has 88 valence electrons. The average Bonchev–Trinajstić information content (AvgIpc) is 3.02. The van der Waals surface area contributed by atoms with E-state index in [-0.39, 0.29) is 0 Å². The molecule has 0 aliphatic carbocycles. The van der Waals surface area contributed by atoms with Crippen LogP contribution >= 0.6 is 0 Å². The van der Waals surface area contributed by atoms with Crippen LogP contribution in [0.25, 0.3) is 5.52 Å². The number of hydrogen-bond acceptors (Lipinski definition) is 1. The van der Waals surface area contributed by atoms with Crippen molar-refractivity contribution in [3.8, 4) is 0 Å². The van der Waals surface area contributed by atoms with E-state index in [1.165, 1.54) is 22.5 Å². The first-order chi connectivity index (χ1) is 8.92. The van der Waals surface area contributed by atoms with Gasteiger partial charge in [0.2, 0.25) is 0 Å². The maximum absolute atomic E-state index is 2.41. The van der Waals surface area contributed by atoms with Crippen molar-refractivity contribution in [2.24, 2.45) is 0 Å². The van der Waals surface area contributed by atoms with Crippen LogP contribution in [0.5, 0.6) is 0 Å². The van der Waals surface area contributed by atoms with Gasteiger partial charge in [0.05, 0.1) is 5.69 Å². The normalized spacial score (nSPS) is 14.1. The Kier molecular flexibility index (Phi) is 1.97. The molecule has 1 aromatic carbocycles. The average molecular weight is 234 g/mol. The lowest BCUT2D eigenvalue weighted by Crippen LogP contribution is -2.12. The van der Waals surface area contributed by atoms with E-state index in [0.717, 1.165) is 13.0 Å². The summed E-state index contributed by atoms with van der Waals surface area (Å²) in [5.74, 6) is 0. The number of benzene rings is 1. The Balaban J connectivity index is 1.85. The molecule has 1 aliphatic rings. The molecule has 3 heterocycles. The number of aromatic nitrogens is 1. The minimum atomic E-state index is 1.08. The van der Waals surface area contributed by atoms with Crippen molar-refractivity contribution < 1.29 is 0 Å². The SMILES string of the molecule is c1ccc2c(c1)CCN2c1cc2ccccn2c1. The maximum Gasteiger partial charge on any atom is 0.0600 e. The summed E-state index contributed by atoms with van der Waals surface area (Å²) in [5.41, 5.74) is 5.34. The quantitative estimate of drug-likeness (QED) is 0.624. The number of anilines is 2. The summed E-state index contributed by atoms with van der Waals surface area (Å²) in [7, 11) is 0. The third kappa shape index (κ3) is 1.35. The molecule has 0 radical (unpaired) electrons. The summed E-state index contributed by atoms with van der Waals surface area (Å²) in [4.78, 5) is 2.41. The Bertz CT molecular complexity index is 679. The van der Waals surface area contributed by atoms with Crippen molar-refractivity contribution in [2.45, 2.75) is 6.42 Å². The van der Waals surface area contributed by atoms with Crippen LogP contribution < -0.4 is 4.90 Å². The van der Waals surface area contributed by atoms with Crippen LogP contribution in [0.4, 0.5) is 11.4 Å². The fraction of sp³-hybridized carbons (Fsp3) is 0.125. The van der Waals surface area contributed by atoms with Crippen molar-refractivity contribution in [1.29, 1.82) is 0 Å². The molecule has 0 amide bonds. The maximum atomic E-state index is 2.41. The summed E-state index contributed by atoms with van der Waals surface area (Å²) in [6, 6.07) is 17.2. The molecule has 0 atom stereocenters. The van der Waals surface area contributed by atoms with Gasteiger partial charge in [-0.25, -0.2) is 0 Å². The molecule has 2 aromatic heterocycles. The Hall–Kier alpha value is -2.22. The molecular weight excluding hydrogens is 220 g/mol. The Morgan fingerprint density at radius 3 is 2.78 bits per heavy atom. The summed E-state index contributed by atoms with van der Waals surface area (Å²) in [6.07, 6.45) is 5.45. The van der Waals surface area contributed by atoms with Gasteiger partial charge in [0, 0.05) is 30.1 Å². The van der Waals surface area contributed by atoms with Crippen LogP contribution in [0.2, 0.25) is 0 Å². The lowest BCUT2D eigenvalue weighted by atomic mass is 10.2. The highest BCUT2D eigenvalue weighted by Gasteiger charge is 2.20. The zero-order chi connectivity index (χ0) is 11.9. The fourth-order valence-electron chi connectivity index (χ4n) is 2.79. The number of para-hydroxylation sites is 1. The first kappa shape index (κ1) is 9.77. The van der Waals surface area contributed by atoms with Crippen molar-refractivity contribution in [3.05, 3.63) is 66.5 Å². The highest BCUT2D eigenvalue weighted by molar-refractivity contribution is 5.73. The molecular formula is C16H14N2. The number of rotatable bonds is 1. The largest absolute Gasteiger partial charge is 0.340 e. The minimum Gasteiger partial charge on any atom is -0.340 e. The number of hydrogen-bond donors (Lipinski definition) is 0. The predicted octanol–water partition coefficient (Wildman–Crippen LogP) is 3.63. The standard InChI is InChI=1S/C16H14N2/c1-2-7-16-13(5-1)8-10-18(16)15-11-14-6-3-4-9-17(14)12-15/h1-7,9,11-12H,8,10H2. The minimum absolute atomic E-state index is 1.08. The molecule has 0 N–H and O–H groups in total. The molecule has 2 nitrogen and oxygen atoms in total. The van der Waals surface area contributed by atoms with Crippen molar-refractivity contribution in [3.63, 3.8) is 0 Å². The highest BCUT2D eigenvalue weighted by atomic mass is 15.2. The van der Waals surface area contributed by atoms with Crippen LogP contribution in [-0.4, -0.2) is 10.9 Å². The van der Waals surface area contributed by atoms with Gasteiger partial charge in [-0.1, -0.05) is 24.3 Å². The van der Waals surface area contributed by atoms with Crippen LogP contribution in [0.1, 0.15) is 5.56 Å². The van der Waals surface area contributed by atoms with E-state index >= 15 is 0 Å². The highest BCUT2D eigenvalue weighted by Crippen LogP contribution is 2.35. The first-order valence-corrected chi connectivity index (χ1v) is 6.34. The van der Waals surface area contributed by atoms with Crippen molar-refractivity contribution in [2.75, 3.05) is 11.4 Å². The lowest BCUT2D eigenvalue weighted by molar-refractivity contribution is 0.997. The molecule has 18 heavy (non-hydrogen) atoms. The predicted molar refractivity (Wildman–Crippen MR) is 74.5 cm³/mol. The van der Waals surface area contributed by atoms with Gasteiger partial charge in [0.15, 0.2) is 0 Å². The van der Waals surface area contributed by atoms with E-state index in [9.17, 15) is 0 Å². The van der Waals surface area contributed by atoms with Crippen molar-refractivity contribution in [1.82, 2.24) is 4.40 Å². The molecule has 0 bridgehead atoms. The van der Waals surface area contributed by atoms with Gasteiger partial charge < -0.3 is 9.30 Å². The van der Waals surface area contributed by atoms with Gasteiger partial charge in [-0.15, -0.1) is 0 Å². The number of nitrogens with zero attached hydrogens (tertiary/aromatic N) is 2. The van der Waals surface area contributed by atoms with Crippen LogP contribution in [0, 0.1) is 0 Å². The molecule has 2 heteroatoms. The third-order valence-corrected chi connectivity index (χ3v) is 3.69. The zero-order valence-corrected chi connectivity index (χ0v) is 10.1. The number of pyridine rings is 1. The van der Waals surface area contributed by atoms with E-state index in [1.807, 2.05) is 0 Å². The van der Waals surface area contributed by atoms with E-state index in [1.54, 1.807) is 0 Å². The van der Waals surface area contributed by atoms with Crippen molar-refractivity contribution >= 4 is 16.9 Å². The van der Waals surface area contributed by atoms with Gasteiger partial charge in [-0.05, 0) is 36.2 Å². The van der Waals surface area contributed by atoms with E-state index in [4.69, 9.17) is 0 Å². The third-order valence-electron chi connectivity index (χ3n) is 3.69. The summed E-state index contributed by atoms with van der Waals surface area (Å²) < 4.78 is 2.18. The first-order valence-electron chi connectivity index (χ1n) is 6.34. The second-order valence-corrected chi connectivity index (χ2v) is 4.76. The second kappa shape index (κ2) is 3.64. The van der Waals surface area contributed by atoms with Gasteiger partial charge in [0.1, 0.15) is 0 Å². The molecule has 0 unspecified atom stereocenters. The molecule has 3 aromatic rings.